The number of rotatable bonds is 2. The summed E-state index contributed by atoms with van der Waals surface area (Å²) < 4.78 is 1.52. The summed E-state index contributed by atoms with van der Waals surface area (Å²) in [7, 11) is 0. The van der Waals surface area contributed by atoms with E-state index in [9.17, 15) is 4.79 Å². The van der Waals surface area contributed by atoms with Crippen molar-refractivity contribution in [3.63, 3.8) is 0 Å². The molecule has 0 saturated heterocycles. The van der Waals surface area contributed by atoms with Crippen LogP contribution < -0.4 is 0 Å². The van der Waals surface area contributed by atoms with Crippen LogP contribution in [0.5, 0.6) is 0 Å². The number of nitrogens with zero attached hydrogens (tertiary/aromatic N) is 3. The quantitative estimate of drug-likeness (QED) is 0.779. The molecular formula is C13H8ClN3O2. The van der Waals surface area contributed by atoms with Gasteiger partial charge in [0.05, 0.1) is 10.5 Å². The molecule has 0 unspecified atom stereocenters. The third-order valence-electron chi connectivity index (χ3n) is 2.78. The Bertz CT molecular complexity index is 782. The first-order chi connectivity index (χ1) is 9.16. The fourth-order valence-corrected chi connectivity index (χ4v) is 2.13. The number of hydrogen-bond acceptors (Lipinski definition) is 3. The number of aromatic carboxylic acids is 1. The lowest BCUT2D eigenvalue weighted by Crippen LogP contribution is -2.05. The summed E-state index contributed by atoms with van der Waals surface area (Å²) in [5.41, 5.74) is 2.10. The van der Waals surface area contributed by atoms with Crippen LogP contribution in [0.4, 0.5) is 0 Å². The van der Waals surface area contributed by atoms with Gasteiger partial charge < -0.3 is 5.11 Å². The van der Waals surface area contributed by atoms with Crippen LogP contribution in [0.3, 0.4) is 0 Å². The van der Waals surface area contributed by atoms with Crippen molar-refractivity contribution in [1.29, 1.82) is 0 Å². The van der Waals surface area contributed by atoms with Crippen molar-refractivity contribution in [3.8, 4) is 11.1 Å². The summed E-state index contributed by atoms with van der Waals surface area (Å²) in [5, 5.41) is 13.6. The van der Waals surface area contributed by atoms with Gasteiger partial charge in [-0.25, -0.2) is 9.31 Å². The van der Waals surface area contributed by atoms with Gasteiger partial charge in [0.25, 0.3) is 0 Å². The van der Waals surface area contributed by atoms with Crippen LogP contribution in [0.2, 0.25) is 5.02 Å². The Kier molecular flexibility index (Phi) is 2.68. The lowest BCUT2D eigenvalue weighted by atomic mass is 10.1. The highest BCUT2D eigenvalue weighted by Gasteiger charge is 2.14. The average molecular weight is 274 g/mol. The van der Waals surface area contributed by atoms with Crippen LogP contribution >= 0.6 is 11.6 Å². The Morgan fingerprint density at radius 1 is 1.32 bits per heavy atom. The van der Waals surface area contributed by atoms with E-state index < -0.39 is 5.97 Å². The Balaban J connectivity index is 2.36. The molecule has 0 aliphatic carbocycles. The Hall–Kier alpha value is -2.40. The topological polar surface area (TPSA) is 67.5 Å². The standard InChI is InChI=1S/C13H8ClN3O2/c14-10-3-4-15-7-9(10)8-6-11(13(18)19)16-17-5-1-2-12(8)17/h1-7H,(H,18,19). The van der Waals surface area contributed by atoms with Gasteiger partial charge in [-0.2, -0.15) is 5.10 Å². The minimum Gasteiger partial charge on any atom is -0.476 e. The second-order valence-corrected chi connectivity index (χ2v) is 4.35. The van der Waals surface area contributed by atoms with Crippen LogP contribution in [0.15, 0.2) is 42.9 Å². The highest BCUT2D eigenvalue weighted by atomic mass is 35.5. The SMILES string of the molecule is O=C(O)c1cc(-c2cnccc2Cl)c2cccn2n1. The largest absolute Gasteiger partial charge is 0.476 e. The van der Waals surface area contributed by atoms with Crippen molar-refractivity contribution in [3.05, 3.63) is 53.6 Å². The lowest BCUT2D eigenvalue weighted by molar-refractivity contribution is 0.0689. The highest BCUT2D eigenvalue weighted by Crippen LogP contribution is 2.30. The van der Waals surface area contributed by atoms with E-state index in [1.165, 1.54) is 10.6 Å². The van der Waals surface area contributed by atoms with Crippen molar-refractivity contribution in [1.82, 2.24) is 14.6 Å². The molecule has 3 rings (SSSR count). The van der Waals surface area contributed by atoms with Gasteiger partial charge in [-0.1, -0.05) is 11.6 Å². The molecule has 3 aromatic rings. The number of halogens is 1. The molecule has 3 heterocycles. The normalized spacial score (nSPS) is 10.8. The zero-order valence-corrected chi connectivity index (χ0v) is 10.4. The summed E-state index contributed by atoms with van der Waals surface area (Å²) in [4.78, 5) is 15.1. The first-order valence-electron chi connectivity index (χ1n) is 5.48. The molecule has 0 aliphatic heterocycles. The third kappa shape index (κ3) is 1.94. The second-order valence-electron chi connectivity index (χ2n) is 3.94. The van der Waals surface area contributed by atoms with E-state index in [4.69, 9.17) is 16.7 Å². The lowest BCUT2D eigenvalue weighted by Gasteiger charge is -2.07. The number of carboxylic acids is 1. The van der Waals surface area contributed by atoms with E-state index in [-0.39, 0.29) is 5.69 Å². The molecular weight excluding hydrogens is 266 g/mol. The van der Waals surface area contributed by atoms with Gasteiger partial charge in [-0.15, -0.1) is 0 Å². The molecule has 1 N–H and O–H groups in total. The van der Waals surface area contributed by atoms with Crippen LogP contribution in [0.25, 0.3) is 16.6 Å². The maximum atomic E-state index is 11.1. The van der Waals surface area contributed by atoms with Gasteiger partial charge in [0.15, 0.2) is 5.69 Å². The van der Waals surface area contributed by atoms with Crippen molar-refractivity contribution in [2.75, 3.05) is 0 Å². The highest BCUT2D eigenvalue weighted by molar-refractivity contribution is 6.33. The fraction of sp³-hybridized carbons (Fsp3) is 0. The first kappa shape index (κ1) is 11.7. The van der Waals surface area contributed by atoms with Gasteiger partial charge in [-0.3, -0.25) is 4.98 Å². The molecule has 94 valence electrons. The summed E-state index contributed by atoms with van der Waals surface area (Å²) in [6.45, 7) is 0. The molecule has 6 heteroatoms. The molecule has 0 spiro atoms. The molecule has 0 amide bonds. The number of fused-ring (bicyclic) bond motifs is 1. The van der Waals surface area contributed by atoms with Gasteiger partial charge in [0, 0.05) is 29.7 Å². The monoisotopic (exact) mass is 273 g/mol. The number of aromatic nitrogens is 3. The van der Waals surface area contributed by atoms with E-state index in [1.54, 1.807) is 30.7 Å². The maximum absolute atomic E-state index is 11.1. The molecule has 3 aromatic heterocycles. The number of pyridine rings is 1. The van der Waals surface area contributed by atoms with Gasteiger partial charge in [0.2, 0.25) is 0 Å². The summed E-state index contributed by atoms with van der Waals surface area (Å²) in [5.74, 6) is -1.09. The maximum Gasteiger partial charge on any atom is 0.356 e. The minimum absolute atomic E-state index is 0.0429. The second kappa shape index (κ2) is 4.37. The van der Waals surface area contributed by atoms with Crippen molar-refractivity contribution < 1.29 is 9.90 Å². The zero-order chi connectivity index (χ0) is 13.4. The smallest absolute Gasteiger partial charge is 0.356 e. The van der Waals surface area contributed by atoms with Crippen LogP contribution in [0.1, 0.15) is 10.5 Å². The van der Waals surface area contributed by atoms with Gasteiger partial charge >= 0.3 is 5.97 Å². The predicted octanol–water partition coefficient (Wildman–Crippen LogP) is 2.75. The number of carboxylic acid groups (broad SMARTS) is 1. The predicted molar refractivity (Wildman–Crippen MR) is 70.4 cm³/mol. The van der Waals surface area contributed by atoms with Crippen LogP contribution in [0, 0.1) is 0 Å². The third-order valence-corrected chi connectivity index (χ3v) is 3.11. The van der Waals surface area contributed by atoms with Crippen LogP contribution in [-0.4, -0.2) is 25.7 Å². The molecule has 0 bridgehead atoms. The summed E-state index contributed by atoms with van der Waals surface area (Å²) >= 11 is 6.14. The summed E-state index contributed by atoms with van der Waals surface area (Å²) in [6.07, 6.45) is 4.88. The van der Waals surface area contributed by atoms with E-state index in [0.29, 0.717) is 16.1 Å². The van der Waals surface area contributed by atoms with Crippen molar-refractivity contribution >= 4 is 23.1 Å². The van der Waals surface area contributed by atoms with E-state index in [0.717, 1.165) is 5.52 Å². The first-order valence-corrected chi connectivity index (χ1v) is 5.86. The fourth-order valence-electron chi connectivity index (χ4n) is 1.92. The zero-order valence-electron chi connectivity index (χ0n) is 9.62. The van der Waals surface area contributed by atoms with Gasteiger partial charge in [0.1, 0.15) is 0 Å². The van der Waals surface area contributed by atoms with Crippen molar-refractivity contribution in [2.24, 2.45) is 0 Å². The van der Waals surface area contributed by atoms with E-state index in [2.05, 4.69) is 10.1 Å². The molecule has 0 atom stereocenters. The Morgan fingerprint density at radius 3 is 2.89 bits per heavy atom. The molecule has 19 heavy (non-hydrogen) atoms. The van der Waals surface area contributed by atoms with E-state index >= 15 is 0 Å². The Labute approximate surface area is 113 Å². The van der Waals surface area contributed by atoms with Crippen LogP contribution in [-0.2, 0) is 0 Å². The minimum atomic E-state index is -1.09. The molecule has 0 aromatic carbocycles. The van der Waals surface area contributed by atoms with E-state index in [1.807, 2.05) is 6.07 Å². The molecule has 5 nitrogen and oxygen atoms in total. The number of carbonyl (C=O) groups is 1. The summed E-state index contributed by atoms with van der Waals surface area (Å²) in [6, 6.07) is 6.80. The Morgan fingerprint density at radius 2 is 2.16 bits per heavy atom. The molecule has 0 radical (unpaired) electrons. The average Bonchev–Trinajstić information content (AvgIpc) is 2.86. The van der Waals surface area contributed by atoms with Crippen molar-refractivity contribution in [2.45, 2.75) is 0 Å². The molecule has 0 aliphatic rings. The number of hydrogen-bond donors (Lipinski definition) is 1. The van der Waals surface area contributed by atoms with Gasteiger partial charge in [-0.05, 0) is 24.3 Å². The molecule has 0 fully saturated rings. The molecule has 0 saturated carbocycles.